The van der Waals surface area contributed by atoms with Gasteiger partial charge in [-0.2, -0.15) is 4.31 Å². The molecule has 0 aliphatic rings. The van der Waals surface area contributed by atoms with E-state index in [4.69, 9.17) is 0 Å². The van der Waals surface area contributed by atoms with Gasteiger partial charge in [0.25, 0.3) is 0 Å². The summed E-state index contributed by atoms with van der Waals surface area (Å²) in [6.07, 6.45) is 0. The molecule has 0 spiro atoms. The van der Waals surface area contributed by atoms with Gasteiger partial charge in [-0.05, 0) is 31.2 Å². The summed E-state index contributed by atoms with van der Waals surface area (Å²) in [4.78, 5) is 13.4. The SMILES string of the molecule is CCN(C)C(=O)CN(C)S(=O)(=O)c1ccc(Br)cc1. The highest BCUT2D eigenvalue weighted by molar-refractivity contribution is 9.10. The maximum atomic E-state index is 12.2. The van der Waals surface area contributed by atoms with Crippen LogP contribution in [0.25, 0.3) is 0 Å². The molecule has 1 amide bonds. The van der Waals surface area contributed by atoms with E-state index in [2.05, 4.69) is 15.9 Å². The molecule has 19 heavy (non-hydrogen) atoms. The average molecular weight is 349 g/mol. The van der Waals surface area contributed by atoms with Crippen molar-refractivity contribution in [1.82, 2.24) is 9.21 Å². The number of halogens is 1. The third-order valence-electron chi connectivity index (χ3n) is 2.78. The summed E-state index contributed by atoms with van der Waals surface area (Å²) < 4.78 is 26.3. The minimum Gasteiger partial charge on any atom is -0.345 e. The average Bonchev–Trinajstić information content (AvgIpc) is 2.38. The van der Waals surface area contributed by atoms with Gasteiger partial charge in [0.1, 0.15) is 0 Å². The van der Waals surface area contributed by atoms with Crippen molar-refractivity contribution in [2.75, 3.05) is 27.2 Å². The number of benzene rings is 1. The number of nitrogens with zero attached hydrogens (tertiary/aromatic N) is 2. The fourth-order valence-corrected chi connectivity index (χ4v) is 2.74. The van der Waals surface area contributed by atoms with Crippen LogP contribution in [0.5, 0.6) is 0 Å². The summed E-state index contributed by atoms with van der Waals surface area (Å²) in [6.45, 7) is 2.22. The van der Waals surface area contributed by atoms with Crippen LogP contribution in [-0.2, 0) is 14.8 Å². The van der Waals surface area contributed by atoms with Crippen LogP contribution in [0.4, 0.5) is 0 Å². The fourth-order valence-electron chi connectivity index (χ4n) is 1.36. The lowest BCUT2D eigenvalue weighted by Gasteiger charge is -2.20. The lowest BCUT2D eigenvalue weighted by Crippen LogP contribution is -2.39. The number of likely N-dealkylation sites (N-methyl/N-ethyl adjacent to an activating group) is 2. The zero-order valence-corrected chi connectivity index (χ0v) is 13.5. The highest BCUT2D eigenvalue weighted by atomic mass is 79.9. The van der Waals surface area contributed by atoms with Crippen LogP contribution in [0.2, 0.25) is 0 Å². The second-order valence-corrected chi connectivity index (χ2v) is 7.08. The van der Waals surface area contributed by atoms with Gasteiger partial charge in [-0.15, -0.1) is 0 Å². The molecule has 106 valence electrons. The number of rotatable bonds is 5. The quantitative estimate of drug-likeness (QED) is 0.811. The van der Waals surface area contributed by atoms with Crippen molar-refractivity contribution in [3.8, 4) is 0 Å². The molecule has 0 bridgehead atoms. The Balaban J connectivity index is 2.88. The smallest absolute Gasteiger partial charge is 0.243 e. The molecule has 0 radical (unpaired) electrons. The molecule has 0 unspecified atom stereocenters. The molecule has 0 saturated carbocycles. The van der Waals surface area contributed by atoms with E-state index in [1.54, 1.807) is 19.2 Å². The van der Waals surface area contributed by atoms with Gasteiger partial charge in [-0.3, -0.25) is 4.79 Å². The molecule has 5 nitrogen and oxygen atoms in total. The zero-order valence-electron chi connectivity index (χ0n) is 11.1. The molecule has 0 fully saturated rings. The monoisotopic (exact) mass is 348 g/mol. The van der Waals surface area contributed by atoms with Crippen LogP contribution in [0.1, 0.15) is 6.92 Å². The Bertz CT molecular complexity index is 543. The summed E-state index contributed by atoms with van der Waals surface area (Å²) in [5.74, 6) is -0.231. The molecule has 1 aromatic carbocycles. The molecule has 0 aliphatic heterocycles. The van der Waals surface area contributed by atoms with E-state index in [-0.39, 0.29) is 17.3 Å². The molecule has 1 rings (SSSR count). The van der Waals surface area contributed by atoms with Crippen molar-refractivity contribution in [1.29, 1.82) is 0 Å². The van der Waals surface area contributed by atoms with Crippen molar-refractivity contribution in [3.05, 3.63) is 28.7 Å². The van der Waals surface area contributed by atoms with Gasteiger partial charge in [0.15, 0.2) is 0 Å². The number of amides is 1. The van der Waals surface area contributed by atoms with E-state index in [9.17, 15) is 13.2 Å². The first kappa shape index (κ1) is 16.1. The van der Waals surface area contributed by atoms with Crippen LogP contribution in [0, 0.1) is 0 Å². The summed E-state index contributed by atoms with van der Waals surface area (Å²) in [5, 5.41) is 0. The first-order valence-corrected chi connectivity index (χ1v) is 7.98. The van der Waals surface area contributed by atoms with Crippen molar-refractivity contribution >= 4 is 31.9 Å². The molecule has 0 aliphatic carbocycles. The lowest BCUT2D eigenvalue weighted by atomic mass is 10.4. The van der Waals surface area contributed by atoms with Crippen molar-refractivity contribution in [3.63, 3.8) is 0 Å². The first-order chi connectivity index (χ1) is 8.78. The van der Waals surface area contributed by atoms with Crippen molar-refractivity contribution in [2.24, 2.45) is 0 Å². The lowest BCUT2D eigenvalue weighted by molar-refractivity contribution is -0.129. The van der Waals surface area contributed by atoms with E-state index in [1.165, 1.54) is 24.1 Å². The normalized spacial score (nSPS) is 11.6. The summed E-state index contributed by atoms with van der Waals surface area (Å²) in [7, 11) is -0.585. The standard InChI is InChI=1S/C12H17BrN2O3S/c1-4-14(2)12(16)9-15(3)19(17,18)11-7-5-10(13)6-8-11/h5-8H,4,9H2,1-3H3. The highest BCUT2D eigenvalue weighted by Gasteiger charge is 2.23. The first-order valence-electron chi connectivity index (χ1n) is 5.75. The highest BCUT2D eigenvalue weighted by Crippen LogP contribution is 2.17. The van der Waals surface area contributed by atoms with E-state index in [1.807, 2.05) is 6.92 Å². The third-order valence-corrected chi connectivity index (χ3v) is 5.13. The van der Waals surface area contributed by atoms with Crippen molar-refractivity contribution in [2.45, 2.75) is 11.8 Å². The fraction of sp³-hybridized carbons (Fsp3) is 0.417. The molecule has 0 heterocycles. The van der Waals surface area contributed by atoms with E-state index in [0.29, 0.717) is 6.54 Å². The van der Waals surface area contributed by atoms with Gasteiger partial charge in [0, 0.05) is 25.1 Å². The predicted octanol–water partition coefficient (Wildman–Crippen LogP) is 1.55. The number of hydrogen-bond donors (Lipinski definition) is 0. The summed E-state index contributed by atoms with van der Waals surface area (Å²) in [6, 6.07) is 6.31. The van der Waals surface area contributed by atoms with E-state index in [0.717, 1.165) is 8.78 Å². The largest absolute Gasteiger partial charge is 0.345 e. The predicted molar refractivity (Wildman–Crippen MR) is 77.3 cm³/mol. The second kappa shape index (κ2) is 6.49. The van der Waals surface area contributed by atoms with Crippen LogP contribution < -0.4 is 0 Å². The number of hydrogen-bond acceptors (Lipinski definition) is 3. The molecular formula is C12H17BrN2O3S. The second-order valence-electron chi connectivity index (χ2n) is 4.12. The van der Waals surface area contributed by atoms with Gasteiger partial charge >= 0.3 is 0 Å². The molecule has 0 saturated heterocycles. The summed E-state index contributed by atoms with van der Waals surface area (Å²) >= 11 is 3.25. The summed E-state index contributed by atoms with van der Waals surface area (Å²) in [5.41, 5.74) is 0. The molecular weight excluding hydrogens is 332 g/mol. The topological polar surface area (TPSA) is 57.7 Å². The Morgan fingerprint density at radius 2 is 1.74 bits per heavy atom. The van der Waals surface area contributed by atoms with E-state index >= 15 is 0 Å². The number of carbonyl (C=O) groups excluding carboxylic acids is 1. The van der Waals surface area contributed by atoms with Crippen LogP contribution in [-0.4, -0.2) is 50.7 Å². The Hall–Kier alpha value is -0.920. The number of sulfonamides is 1. The Kier molecular flexibility index (Phi) is 5.51. The molecule has 1 aromatic rings. The maximum absolute atomic E-state index is 12.2. The zero-order chi connectivity index (χ0) is 14.6. The number of carbonyl (C=O) groups is 1. The Labute approximate surface area is 122 Å². The minimum atomic E-state index is -3.63. The van der Waals surface area contributed by atoms with Gasteiger partial charge in [0.2, 0.25) is 15.9 Å². The Morgan fingerprint density at radius 1 is 1.21 bits per heavy atom. The molecule has 0 N–H and O–H groups in total. The van der Waals surface area contributed by atoms with Gasteiger partial charge < -0.3 is 4.90 Å². The van der Waals surface area contributed by atoms with Crippen LogP contribution in [0.15, 0.2) is 33.6 Å². The van der Waals surface area contributed by atoms with Gasteiger partial charge in [0.05, 0.1) is 11.4 Å². The van der Waals surface area contributed by atoms with Crippen LogP contribution in [0.3, 0.4) is 0 Å². The Morgan fingerprint density at radius 3 is 2.21 bits per heavy atom. The van der Waals surface area contributed by atoms with Gasteiger partial charge in [-0.1, -0.05) is 15.9 Å². The maximum Gasteiger partial charge on any atom is 0.243 e. The minimum absolute atomic E-state index is 0.164. The third kappa shape index (κ3) is 4.02. The van der Waals surface area contributed by atoms with E-state index < -0.39 is 10.0 Å². The van der Waals surface area contributed by atoms with Crippen molar-refractivity contribution < 1.29 is 13.2 Å². The molecule has 0 aromatic heterocycles. The molecule has 0 atom stereocenters. The van der Waals surface area contributed by atoms with Crippen LogP contribution >= 0.6 is 15.9 Å². The molecule has 7 heteroatoms. The van der Waals surface area contributed by atoms with Gasteiger partial charge in [-0.25, -0.2) is 8.42 Å².